The number of hydrogen-bond donors (Lipinski definition) is 1. The summed E-state index contributed by atoms with van der Waals surface area (Å²) < 4.78 is 11.8. The molecule has 0 aromatic carbocycles. The molecule has 2 atom stereocenters. The molecule has 0 bridgehead atoms. The summed E-state index contributed by atoms with van der Waals surface area (Å²) in [6, 6.07) is 0.157. The van der Waals surface area contributed by atoms with Crippen molar-refractivity contribution in [3.8, 4) is 0 Å². The molecule has 0 aliphatic carbocycles. The zero-order valence-corrected chi connectivity index (χ0v) is 6.38. The Bertz CT molecular complexity index is 79.5. The molecule has 1 rings (SSSR count). The highest BCUT2D eigenvalue weighted by molar-refractivity contribution is 5.85. The summed E-state index contributed by atoms with van der Waals surface area (Å²) in [4.78, 5) is 0. The van der Waals surface area contributed by atoms with E-state index in [1.54, 1.807) is 0 Å². The second-order valence-corrected chi connectivity index (χ2v) is 2.60. The first-order valence-corrected chi connectivity index (χ1v) is 3.12. The Morgan fingerprint density at radius 3 is 2.56 bits per heavy atom. The molecule has 0 saturated carbocycles. The molecule has 1 saturated heterocycles. The van der Waals surface area contributed by atoms with Crippen LogP contribution in [-0.4, -0.2) is 19.3 Å². The zero-order chi connectivity index (χ0) is 5.98. The van der Waals surface area contributed by atoms with Crippen molar-refractivity contribution in [2.24, 2.45) is 5.92 Å². The van der Waals surface area contributed by atoms with Crippen molar-refractivity contribution in [1.29, 1.82) is 0 Å². The molecule has 1 aliphatic heterocycles. The topological polar surface area (TPSA) is 12.0 Å². The van der Waals surface area contributed by atoms with Crippen LogP contribution in [0, 0.1) is 5.92 Å². The van der Waals surface area contributed by atoms with Crippen molar-refractivity contribution < 1.29 is 4.39 Å². The average molecular weight is 154 g/mol. The highest BCUT2D eigenvalue weighted by Gasteiger charge is 2.19. The number of nitrogens with one attached hydrogen (secondary N) is 1. The van der Waals surface area contributed by atoms with Gasteiger partial charge < -0.3 is 5.32 Å². The van der Waals surface area contributed by atoms with Gasteiger partial charge in [0.2, 0.25) is 0 Å². The van der Waals surface area contributed by atoms with Crippen LogP contribution in [0.3, 0.4) is 0 Å². The predicted molar refractivity (Wildman–Crippen MR) is 38.8 cm³/mol. The summed E-state index contributed by atoms with van der Waals surface area (Å²) in [6.45, 7) is 2.93. The van der Waals surface area contributed by atoms with Crippen molar-refractivity contribution in [3.63, 3.8) is 0 Å². The van der Waals surface area contributed by atoms with Crippen molar-refractivity contribution >= 4 is 12.4 Å². The van der Waals surface area contributed by atoms with Gasteiger partial charge in [-0.2, -0.15) is 0 Å². The molecule has 1 heterocycles. The number of alkyl halides is 1. The zero-order valence-electron chi connectivity index (χ0n) is 5.56. The largest absolute Gasteiger partial charge is 0.311 e. The van der Waals surface area contributed by atoms with Crippen LogP contribution < -0.4 is 5.32 Å². The van der Waals surface area contributed by atoms with Crippen LogP contribution >= 0.6 is 12.4 Å². The van der Waals surface area contributed by atoms with Crippen molar-refractivity contribution in [3.05, 3.63) is 0 Å². The minimum atomic E-state index is -0.204. The van der Waals surface area contributed by atoms with Gasteiger partial charge in [0.25, 0.3) is 0 Å². The van der Waals surface area contributed by atoms with Crippen LogP contribution in [0.2, 0.25) is 0 Å². The van der Waals surface area contributed by atoms with Gasteiger partial charge in [0.15, 0.2) is 0 Å². The molecule has 1 nitrogen and oxygen atoms in total. The Kier molecular flexibility index (Phi) is 4.15. The van der Waals surface area contributed by atoms with Crippen molar-refractivity contribution in [2.75, 3.05) is 13.2 Å². The van der Waals surface area contributed by atoms with E-state index in [1.807, 2.05) is 0 Å². The van der Waals surface area contributed by atoms with Crippen LogP contribution in [0.1, 0.15) is 13.3 Å². The highest BCUT2D eigenvalue weighted by atomic mass is 35.5. The molecule has 1 N–H and O–H groups in total. The quantitative estimate of drug-likeness (QED) is 0.600. The van der Waals surface area contributed by atoms with Crippen LogP contribution in [0.25, 0.3) is 0 Å². The lowest BCUT2D eigenvalue weighted by Crippen LogP contribution is -2.22. The first-order valence-electron chi connectivity index (χ1n) is 3.12. The molecule has 0 unspecified atom stereocenters. The lowest BCUT2D eigenvalue weighted by molar-refractivity contribution is 0.401. The van der Waals surface area contributed by atoms with E-state index in [4.69, 9.17) is 0 Å². The third-order valence-electron chi connectivity index (χ3n) is 1.63. The van der Waals surface area contributed by atoms with E-state index < -0.39 is 0 Å². The van der Waals surface area contributed by atoms with E-state index in [-0.39, 0.29) is 25.1 Å². The predicted octanol–water partition coefficient (Wildman–Crippen LogP) is 1.38. The fourth-order valence-electron chi connectivity index (χ4n) is 1.14. The van der Waals surface area contributed by atoms with E-state index in [1.165, 1.54) is 0 Å². The Labute approximate surface area is 61.4 Å². The fraction of sp³-hybridized carbons (Fsp3) is 1.00. The standard InChI is InChI=1S/C6H12FN.ClH/c1-5-2-6(3-7)8-4-5;/h5-6,8H,2-4H2,1H3;1H/t5-,6-;/m1./s1. The van der Waals surface area contributed by atoms with E-state index in [9.17, 15) is 4.39 Å². The van der Waals surface area contributed by atoms with E-state index >= 15 is 0 Å². The van der Waals surface area contributed by atoms with Crippen LogP contribution in [0.5, 0.6) is 0 Å². The first kappa shape index (κ1) is 9.18. The SMILES string of the molecule is C[C@H]1CN[C@@H](CF)C1.Cl. The second-order valence-electron chi connectivity index (χ2n) is 2.60. The highest BCUT2D eigenvalue weighted by Crippen LogP contribution is 2.12. The van der Waals surface area contributed by atoms with Gasteiger partial charge in [-0.1, -0.05) is 6.92 Å². The summed E-state index contributed by atoms with van der Waals surface area (Å²) in [5.41, 5.74) is 0. The summed E-state index contributed by atoms with van der Waals surface area (Å²) in [7, 11) is 0. The molecule has 0 amide bonds. The monoisotopic (exact) mass is 153 g/mol. The summed E-state index contributed by atoms with van der Waals surface area (Å²) in [6.07, 6.45) is 1.01. The van der Waals surface area contributed by atoms with Gasteiger partial charge in [-0.15, -0.1) is 12.4 Å². The summed E-state index contributed by atoms with van der Waals surface area (Å²) in [5.74, 6) is 0.677. The van der Waals surface area contributed by atoms with E-state index in [0.29, 0.717) is 5.92 Å². The Morgan fingerprint density at radius 2 is 2.33 bits per heavy atom. The van der Waals surface area contributed by atoms with Gasteiger partial charge in [0, 0.05) is 6.04 Å². The fourth-order valence-corrected chi connectivity index (χ4v) is 1.14. The lowest BCUT2D eigenvalue weighted by Gasteiger charge is -2.00. The Morgan fingerprint density at radius 1 is 1.67 bits per heavy atom. The maximum Gasteiger partial charge on any atom is 0.105 e. The summed E-state index contributed by atoms with van der Waals surface area (Å²) in [5, 5.41) is 3.08. The molecule has 0 spiro atoms. The molecule has 0 aromatic heterocycles. The smallest absolute Gasteiger partial charge is 0.105 e. The number of hydrogen-bond acceptors (Lipinski definition) is 1. The average Bonchev–Trinajstić information content (AvgIpc) is 2.14. The third kappa shape index (κ3) is 2.50. The molecule has 1 fully saturated rings. The van der Waals surface area contributed by atoms with E-state index in [0.717, 1.165) is 13.0 Å². The number of rotatable bonds is 1. The molecule has 0 aromatic rings. The summed E-state index contributed by atoms with van der Waals surface area (Å²) >= 11 is 0. The Balaban J connectivity index is 0.000000640. The second kappa shape index (κ2) is 4.07. The van der Waals surface area contributed by atoms with Crippen LogP contribution in [0.15, 0.2) is 0 Å². The van der Waals surface area contributed by atoms with Crippen molar-refractivity contribution in [1.82, 2.24) is 5.32 Å². The maximum atomic E-state index is 11.8. The molecule has 9 heavy (non-hydrogen) atoms. The van der Waals surface area contributed by atoms with Crippen molar-refractivity contribution in [2.45, 2.75) is 19.4 Å². The normalized spacial score (nSPS) is 34.0. The Hall–Kier alpha value is 0.180. The van der Waals surface area contributed by atoms with Gasteiger partial charge in [0.05, 0.1) is 0 Å². The molecule has 0 radical (unpaired) electrons. The van der Waals surface area contributed by atoms with Gasteiger partial charge in [0.1, 0.15) is 6.67 Å². The van der Waals surface area contributed by atoms with Crippen LogP contribution in [0.4, 0.5) is 4.39 Å². The van der Waals surface area contributed by atoms with Crippen LogP contribution in [-0.2, 0) is 0 Å². The molecular weight excluding hydrogens is 141 g/mol. The molecule has 56 valence electrons. The molecule has 1 aliphatic rings. The lowest BCUT2D eigenvalue weighted by atomic mass is 10.1. The molecule has 3 heteroatoms. The first-order chi connectivity index (χ1) is 3.83. The minimum absolute atomic E-state index is 0. The van der Waals surface area contributed by atoms with Gasteiger partial charge in [-0.05, 0) is 18.9 Å². The van der Waals surface area contributed by atoms with Gasteiger partial charge >= 0.3 is 0 Å². The van der Waals surface area contributed by atoms with Gasteiger partial charge in [-0.3, -0.25) is 0 Å². The third-order valence-corrected chi connectivity index (χ3v) is 1.63. The minimum Gasteiger partial charge on any atom is -0.311 e. The molecular formula is C6H13ClFN. The van der Waals surface area contributed by atoms with Gasteiger partial charge in [-0.25, -0.2) is 4.39 Å². The van der Waals surface area contributed by atoms with E-state index in [2.05, 4.69) is 12.2 Å². The maximum absolute atomic E-state index is 11.8. The number of halogens is 2.